The van der Waals surface area contributed by atoms with Crippen molar-refractivity contribution < 1.29 is 14.3 Å². The molecule has 0 unspecified atom stereocenters. The first kappa shape index (κ1) is 23.3. The van der Waals surface area contributed by atoms with E-state index in [0.29, 0.717) is 51.3 Å². The fraction of sp³-hybridized carbons (Fsp3) is 0.393. The van der Waals surface area contributed by atoms with Crippen LogP contribution in [0.2, 0.25) is 0 Å². The molecule has 7 nitrogen and oxygen atoms in total. The van der Waals surface area contributed by atoms with E-state index in [9.17, 15) is 9.59 Å². The Morgan fingerprint density at radius 3 is 2.46 bits per heavy atom. The SMILES string of the molecule is C[C@H](CNC(=O)C1CCN(C(=O)c2ncn3c2CO[C@@H](c2ccccc2)C3)CC1)c1ccccc1. The summed E-state index contributed by atoms with van der Waals surface area (Å²) in [5.41, 5.74) is 3.64. The molecule has 1 N–H and O–H groups in total. The average Bonchev–Trinajstić information content (AvgIpc) is 3.35. The van der Waals surface area contributed by atoms with Gasteiger partial charge in [0.05, 0.1) is 25.2 Å². The lowest BCUT2D eigenvalue weighted by Crippen LogP contribution is -2.44. The van der Waals surface area contributed by atoms with Gasteiger partial charge in [-0.25, -0.2) is 4.98 Å². The predicted octanol–water partition coefficient (Wildman–Crippen LogP) is 3.93. The van der Waals surface area contributed by atoms with E-state index in [4.69, 9.17) is 4.74 Å². The van der Waals surface area contributed by atoms with Crippen molar-refractivity contribution in [3.63, 3.8) is 0 Å². The van der Waals surface area contributed by atoms with Crippen molar-refractivity contribution in [1.82, 2.24) is 19.8 Å². The van der Waals surface area contributed by atoms with Gasteiger partial charge in [0.15, 0.2) is 5.69 Å². The molecule has 0 aliphatic carbocycles. The number of carbonyl (C=O) groups excluding carboxylic acids is 2. The van der Waals surface area contributed by atoms with Crippen LogP contribution in [0.5, 0.6) is 0 Å². The van der Waals surface area contributed by atoms with E-state index < -0.39 is 0 Å². The van der Waals surface area contributed by atoms with Crippen molar-refractivity contribution in [2.24, 2.45) is 5.92 Å². The summed E-state index contributed by atoms with van der Waals surface area (Å²) < 4.78 is 8.10. The Labute approximate surface area is 206 Å². The minimum absolute atomic E-state index is 0.0419. The van der Waals surface area contributed by atoms with Gasteiger partial charge in [-0.3, -0.25) is 9.59 Å². The van der Waals surface area contributed by atoms with Crippen LogP contribution >= 0.6 is 0 Å². The normalized spacial score (nSPS) is 19.1. The molecule has 0 bridgehead atoms. The minimum Gasteiger partial charge on any atom is -0.365 e. The zero-order valence-electron chi connectivity index (χ0n) is 20.1. The largest absolute Gasteiger partial charge is 0.365 e. The first-order chi connectivity index (χ1) is 17.1. The molecular formula is C28H32N4O3. The zero-order chi connectivity index (χ0) is 24.2. The number of rotatable bonds is 6. The molecule has 1 saturated heterocycles. The van der Waals surface area contributed by atoms with Crippen LogP contribution in [0, 0.1) is 5.92 Å². The summed E-state index contributed by atoms with van der Waals surface area (Å²) in [5.74, 6) is 0.210. The van der Waals surface area contributed by atoms with Gasteiger partial charge in [-0.05, 0) is 29.9 Å². The highest BCUT2D eigenvalue weighted by Crippen LogP contribution is 2.29. The van der Waals surface area contributed by atoms with E-state index in [-0.39, 0.29) is 29.8 Å². The van der Waals surface area contributed by atoms with Crippen LogP contribution in [-0.4, -0.2) is 45.9 Å². The lowest BCUT2D eigenvalue weighted by Gasteiger charge is -2.32. The number of ether oxygens (including phenoxy) is 1. The van der Waals surface area contributed by atoms with Crippen LogP contribution in [0.15, 0.2) is 67.0 Å². The summed E-state index contributed by atoms with van der Waals surface area (Å²) in [6.45, 7) is 4.86. The highest BCUT2D eigenvalue weighted by molar-refractivity contribution is 5.93. The van der Waals surface area contributed by atoms with Gasteiger partial charge in [0.1, 0.15) is 6.10 Å². The Hall–Kier alpha value is -3.45. The number of hydrogen-bond donors (Lipinski definition) is 1. The first-order valence-electron chi connectivity index (χ1n) is 12.4. The average molecular weight is 473 g/mol. The molecule has 5 rings (SSSR count). The molecule has 2 aliphatic rings. The Kier molecular flexibility index (Phi) is 6.95. The number of carbonyl (C=O) groups is 2. The Morgan fingerprint density at radius 1 is 1.06 bits per heavy atom. The summed E-state index contributed by atoms with van der Waals surface area (Å²) in [6, 6.07) is 20.3. The topological polar surface area (TPSA) is 76.5 Å². The van der Waals surface area contributed by atoms with Crippen LogP contribution in [0.1, 0.15) is 59.1 Å². The van der Waals surface area contributed by atoms with Gasteiger partial charge in [-0.2, -0.15) is 0 Å². The summed E-state index contributed by atoms with van der Waals surface area (Å²) in [7, 11) is 0. The maximum Gasteiger partial charge on any atom is 0.274 e. The van der Waals surface area contributed by atoms with E-state index in [0.717, 1.165) is 11.3 Å². The number of imidazole rings is 1. The molecule has 0 spiro atoms. The second-order valence-corrected chi connectivity index (χ2v) is 9.53. The molecule has 0 radical (unpaired) electrons. The monoisotopic (exact) mass is 472 g/mol. The fourth-order valence-corrected chi connectivity index (χ4v) is 4.97. The number of aromatic nitrogens is 2. The van der Waals surface area contributed by atoms with Gasteiger partial charge in [0, 0.05) is 25.6 Å². The lowest BCUT2D eigenvalue weighted by molar-refractivity contribution is -0.126. The van der Waals surface area contributed by atoms with Crippen LogP contribution in [-0.2, 0) is 22.7 Å². The Morgan fingerprint density at radius 2 is 1.74 bits per heavy atom. The Balaban J connectivity index is 1.13. The van der Waals surface area contributed by atoms with E-state index >= 15 is 0 Å². The smallest absolute Gasteiger partial charge is 0.274 e. The molecule has 2 aromatic carbocycles. The summed E-state index contributed by atoms with van der Waals surface area (Å²) >= 11 is 0. The Bertz CT molecular complexity index is 1150. The summed E-state index contributed by atoms with van der Waals surface area (Å²) in [5, 5.41) is 3.11. The molecule has 0 saturated carbocycles. The van der Waals surface area contributed by atoms with Crippen LogP contribution in [0.4, 0.5) is 0 Å². The number of nitrogens with one attached hydrogen (secondary N) is 1. The van der Waals surface area contributed by atoms with Crippen molar-refractivity contribution in [1.29, 1.82) is 0 Å². The number of piperidine rings is 1. The van der Waals surface area contributed by atoms with E-state index in [2.05, 4.69) is 41.5 Å². The summed E-state index contributed by atoms with van der Waals surface area (Å²) in [6.07, 6.45) is 3.04. The molecular weight excluding hydrogens is 440 g/mol. The molecule has 2 amide bonds. The van der Waals surface area contributed by atoms with Crippen molar-refractivity contribution in [3.05, 3.63) is 89.5 Å². The molecule has 1 fully saturated rings. The molecule has 3 heterocycles. The maximum atomic E-state index is 13.2. The lowest BCUT2D eigenvalue weighted by atomic mass is 9.95. The van der Waals surface area contributed by atoms with Gasteiger partial charge in [-0.1, -0.05) is 67.6 Å². The second-order valence-electron chi connectivity index (χ2n) is 9.53. The molecule has 2 aliphatic heterocycles. The van der Waals surface area contributed by atoms with Gasteiger partial charge in [0.2, 0.25) is 5.91 Å². The number of benzene rings is 2. The minimum atomic E-state index is -0.0722. The highest BCUT2D eigenvalue weighted by atomic mass is 16.5. The molecule has 2 atom stereocenters. The second kappa shape index (κ2) is 10.4. The van der Waals surface area contributed by atoms with Crippen LogP contribution < -0.4 is 5.32 Å². The molecule has 1 aromatic heterocycles. The molecule has 35 heavy (non-hydrogen) atoms. The van der Waals surface area contributed by atoms with Crippen molar-refractivity contribution in [2.45, 2.75) is 44.9 Å². The van der Waals surface area contributed by atoms with Crippen LogP contribution in [0.3, 0.4) is 0 Å². The van der Waals surface area contributed by atoms with Gasteiger partial charge >= 0.3 is 0 Å². The number of hydrogen-bond acceptors (Lipinski definition) is 4. The zero-order valence-corrected chi connectivity index (χ0v) is 20.1. The van der Waals surface area contributed by atoms with Crippen LogP contribution in [0.25, 0.3) is 0 Å². The number of fused-ring (bicyclic) bond motifs is 1. The van der Waals surface area contributed by atoms with Gasteiger partial charge < -0.3 is 19.5 Å². The van der Waals surface area contributed by atoms with E-state index in [1.807, 2.05) is 45.9 Å². The third-order valence-electron chi connectivity index (χ3n) is 7.21. The number of likely N-dealkylation sites (tertiary alicyclic amines) is 1. The van der Waals surface area contributed by atoms with Crippen molar-refractivity contribution >= 4 is 11.8 Å². The highest BCUT2D eigenvalue weighted by Gasteiger charge is 2.32. The quantitative estimate of drug-likeness (QED) is 0.590. The van der Waals surface area contributed by atoms with Gasteiger partial charge in [0.25, 0.3) is 5.91 Å². The summed E-state index contributed by atoms with van der Waals surface area (Å²) in [4.78, 5) is 32.2. The number of amides is 2. The van der Waals surface area contributed by atoms with Crippen molar-refractivity contribution in [2.75, 3.05) is 19.6 Å². The third-order valence-corrected chi connectivity index (χ3v) is 7.21. The third kappa shape index (κ3) is 5.15. The van der Waals surface area contributed by atoms with E-state index in [1.54, 1.807) is 6.33 Å². The van der Waals surface area contributed by atoms with Gasteiger partial charge in [-0.15, -0.1) is 0 Å². The maximum absolute atomic E-state index is 13.2. The standard InChI is InChI=1S/C28H32N4O3/c1-20(21-8-4-2-5-9-21)16-29-27(33)23-12-14-31(15-13-23)28(34)26-24-18-35-25(17-32(24)19-30-26)22-10-6-3-7-11-22/h2-11,19-20,23,25H,12-18H2,1H3,(H,29,33)/t20-,25-/m1/s1. The predicted molar refractivity (Wildman–Crippen MR) is 133 cm³/mol. The molecule has 3 aromatic rings. The van der Waals surface area contributed by atoms with Crippen molar-refractivity contribution in [3.8, 4) is 0 Å². The first-order valence-corrected chi connectivity index (χ1v) is 12.4. The molecule has 7 heteroatoms. The fourth-order valence-electron chi connectivity index (χ4n) is 4.97. The van der Waals surface area contributed by atoms with E-state index in [1.165, 1.54) is 5.56 Å². The number of nitrogens with zero attached hydrogens (tertiary/aromatic N) is 3. The molecule has 182 valence electrons.